The Balaban J connectivity index is 1.45. The van der Waals surface area contributed by atoms with Crippen molar-refractivity contribution in [3.05, 3.63) is 78.7 Å². The average molecular weight is 487 g/mol. The summed E-state index contributed by atoms with van der Waals surface area (Å²) in [6.45, 7) is 5.21. The zero-order valence-corrected chi connectivity index (χ0v) is 19.8. The molecule has 0 saturated carbocycles. The molecular formula is C26H23ClN6O2. The topological polar surface area (TPSA) is 92.3 Å². The number of halogens is 1. The first kappa shape index (κ1) is 22.8. The van der Waals surface area contributed by atoms with E-state index in [0.717, 1.165) is 35.1 Å². The van der Waals surface area contributed by atoms with Crippen molar-refractivity contribution in [3.8, 4) is 16.9 Å². The van der Waals surface area contributed by atoms with Gasteiger partial charge in [-0.2, -0.15) is 0 Å². The van der Waals surface area contributed by atoms with Crippen LogP contribution in [0.5, 0.6) is 5.75 Å². The lowest BCUT2D eigenvalue weighted by molar-refractivity contribution is -0.111. The van der Waals surface area contributed by atoms with Crippen molar-refractivity contribution in [2.24, 2.45) is 0 Å². The fraction of sp³-hybridized carbons (Fsp3) is 0.154. The quantitative estimate of drug-likeness (QED) is 0.359. The van der Waals surface area contributed by atoms with Crippen molar-refractivity contribution in [1.29, 1.82) is 0 Å². The van der Waals surface area contributed by atoms with Crippen LogP contribution in [-0.4, -0.2) is 52.0 Å². The number of benzene rings is 2. The van der Waals surface area contributed by atoms with Crippen molar-refractivity contribution in [2.75, 3.05) is 30.8 Å². The largest absolute Gasteiger partial charge is 0.486 e. The minimum absolute atomic E-state index is 0.0838. The molecule has 2 aromatic heterocycles. The van der Waals surface area contributed by atoms with Crippen LogP contribution >= 0.6 is 11.6 Å². The molecule has 2 N–H and O–H groups in total. The van der Waals surface area contributed by atoms with Gasteiger partial charge in [0.25, 0.3) is 0 Å². The molecule has 9 heteroatoms. The molecule has 0 atom stereocenters. The molecule has 0 aliphatic carbocycles. The summed E-state index contributed by atoms with van der Waals surface area (Å²) < 4.78 is 6.07. The third-order valence-electron chi connectivity index (χ3n) is 5.63. The minimum atomic E-state index is -0.321. The van der Waals surface area contributed by atoms with E-state index in [1.54, 1.807) is 24.7 Å². The SMILES string of the molecule is C=CC(=O)Nc1cc(Nc2ncc3cncc(-c4cccc(Cl)c4)c3n2)ccc1OC1CN(C)C1. The number of carbonyl (C=O) groups excluding carboxylic acids is 1. The number of fused-ring (bicyclic) bond motifs is 1. The fourth-order valence-corrected chi connectivity index (χ4v) is 4.09. The maximum Gasteiger partial charge on any atom is 0.247 e. The van der Waals surface area contributed by atoms with E-state index in [0.29, 0.717) is 28.1 Å². The average Bonchev–Trinajstić information content (AvgIpc) is 2.84. The zero-order chi connectivity index (χ0) is 24.4. The molecule has 176 valence electrons. The maximum atomic E-state index is 12.0. The number of amides is 1. The second-order valence-electron chi connectivity index (χ2n) is 8.32. The number of ether oxygens (including phenoxy) is 1. The number of pyridine rings is 1. The van der Waals surface area contributed by atoms with Crippen LogP contribution in [0.4, 0.5) is 17.3 Å². The highest BCUT2D eigenvalue weighted by atomic mass is 35.5. The highest BCUT2D eigenvalue weighted by molar-refractivity contribution is 6.30. The Labute approximate surface area is 207 Å². The first-order valence-electron chi connectivity index (χ1n) is 11.0. The smallest absolute Gasteiger partial charge is 0.247 e. The van der Waals surface area contributed by atoms with E-state index in [4.69, 9.17) is 21.3 Å². The summed E-state index contributed by atoms with van der Waals surface area (Å²) >= 11 is 6.20. The van der Waals surface area contributed by atoms with E-state index in [1.807, 2.05) is 43.4 Å². The summed E-state index contributed by atoms with van der Waals surface area (Å²) in [6, 6.07) is 13.0. The molecule has 1 aliphatic rings. The van der Waals surface area contributed by atoms with Crippen molar-refractivity contribution in [3.63, 3.8) is 0 Å². The Kier molecular flexibility index (Phi) is 6.31. The van der Waals surface area contributed by atoms with E-state index >= 15 is 0 Å². The van der Waals surface area contributed by atoms with E-state index in [9.17, 15) is 4.79 Å². The summed E-state index contributed by atoms with van der Waals surface area (Å²) in [5.74, 6) is 0.679. The van der Waals surface area contributed by atoms with Gasteiger partial charge in [-0.05, 0) is 49.0 Å². The minimum Gasteiger partial charge on any atom is -0.486 e. The van der Waals surface area contributed by atoms with Gasteiger partial charge in [0.15, 0.2) is 0 Å². The number of anilines is 3. The predicted octanol–water partition coefficient (Wildman–Crippen LogP) is 4.91. The van der Waals surface area contributed by atoms with Gasteiger partial charge in [-0.25, -0.2) is 9.97 Å². The maximum absolute atomic E-state index is 12.0. The normalized spacial score (nSPS) is 13.8. The molecule has 1 fully saturated rings. The third kappa shape index (κ3) is 5.08. The van der Waals surface area contributed by atoms with E-state index in [2.05, 4.69) is 32.1 Å². The molecule has 2 aromatic carbocycles. The van der Waals surface area contributed by atoms with E-state index in [1.165, 1.54) is 6.08 Å². The highest BCUT2D eigenvalue weighted by Gasteiger charge is 2.26. The summed E-state index contributed by atoms with van der Waals surface area (Å²) in [5.41, 5.74) is 3.75. The van der Waals surface area contributed by atoms with Crippen LogP contribution in [0, 0.1) is 0 Å². The van der Waals surface area contributed by atoms with Gasteiger partial charge in [0.1, 0.15) is 11.9 Å². The van der Waals surface area contributed by atoms with E-state index < -0.39 is 0 Å². The van der Waals surface area contributed by atoms with Crippen LogP contribution in [0.2, 0.25) is 5.02 Å². The number of hydrogen-bond acceptors (Lipinski definition) is 7. The number of hydrogen-bond donors (Lipinski definition) is 2. The Morgan fingerprint density at radius 2 is 2.06 bits per heavy atom. The monoisotopic (exact) mass is 486 g/mol. The first-order valence-corrected chi connectivity index (χ1v) is 11.4. The number of carbonyl (C=O) groups is 1. The second kappa shape index (κ2) is 9.69. The summed E-state index contributed by atoms with van der Waals surface area (Å²) in [6.07, 6.45) is 6.51. The van der Waals surface area contributed by atoms with Gasteiger partial charge in [0, 0.05) is 53.3 Å². The van der Waals surface area contributed by atoms with Crippen molar-refractivity contribution in [1.82, 2.24) is 19.9 Å². The van der Waals surface area contributed by atoms with Gasteiger partial charge >= 0.3 is 0 Å². The fourth-order valence-electron chi connectivity index (χ4n) is 3.90. The lowest BCUT2D eigenvalue weighted by Crippen LogP contribution is -2.51. The van der Waals surface area contributed by atoms with Crippen molar-refractivity contribution in [2.45, 2.75) is 6.10 Å². The van der Waals surface area contributed by atoms with Crippen molar-refractivity contribution >= 4 is 45.7 Å². The van der Waals surface area contributed by atoms with Crippen LogP contribution in [0.25, 0.3) is 22.0 Å². The second-order valence-corrected chi connectivity index (χ2v) is 8.76. The third-order valence-corrected chi connectivity index (χ3v) is 5.86. The van der Waals surface area contributed by atoms with Gasteiger partial charge in [-0.3, -0.25) is 14.7 Å². The molecule has 5 rings (SSSR count). The number of rotatable bonds is 7. The molecule has 1 saturated heterocycles. The molecule has 1 aliphatic heterocycles. The van der Waals surface area contributed by atoms with Crippen molar-refractivity contribution < 1.29 is 9.53 Å². The molecule has 0 radical (unpaired) electrons. The highest BCUT2D eigenvalue weighted by Crippen LogP contribution is 2.32. The van der Waals surface area contributed by atoms with Gasteiger partial charge < -0.3 is 15.4 Å². The molecule has 0 spiro atoms. The molecule has 1 amide bonds. The van der Waals surface area contributed by atoms with Crippen LogP contribution < -0.4 is 15.4 Å². The predicted molar refractivity (Wildman–Crippen MR) is 138 cm³/mol. The summed E-state index contributed by atoms with van der Waals surface area (Å²) in [5, 5.41) is 7.49. The Morgan fingerprint density at radius 1 is 1.20 bits per heavy atom. The Morgan fingerprint density at radius 3 is 2.83 bits per heavy atom. The standard InChI is InChI=1S/C26H23ClN6O2/c1-3-24(34)31-22-10-19(7-8-23(22)35-20-14-33(2)15-20)30-26-29-12-17-11-28-13-21(25(17)32-26)16-5-4-6-18(27)9-16/h3-13,20H,1,14-15H2,2H3,(H,31,34)(H,29,30,32). The molecular weight excluding hydrogens is 464 g/mol. The van der Waals surface area contributed by atoms with Crippen LogP contribution in [0.3, 0.4) is 0 Å². The van der Waals surface area contributed by atoms with Crippen LogP contribution in [0.15, 0.2) is 73.7 Å². The van der Waals surface area contributed by atoms with Gasteiger partial charge in [0.2, 0.25) is 11.9 Å². The molecule has 0 unspecified atom stereocenters. The molecule has 4 aromatic rings. The number of aromatic nitrogens is 3. The van der Waals surface area contributed by atoms with Gasteiger partial charge in [-0.1, -0.05) is 30.3 Å². The summed E-state index contributed by atoms with van der Waals surface area (Å²) in [7, 11) is 2.03. The van der Waals surface area contributed by atoms with Gasteiger partial charge in [-0.15, -0.1) is 0 Å². The lowest BCUT2D eigenvalue weighted by Gasteiger charge is -2.36. The number of likely N-dealkylation sites (N-methyl/N-ethyl adjacent to an activating group) is 1. The Hall–Kier alpha value is -4.01. The van der Waals surface area contributed by atoms with Crippen LogP contribution in [-0.2, 0) is 4.79 Å². The number of nitrogens with zero attached hydrogens (tertiary/aromatic N) is 4. The van der Waals surface area contributed by atoms with Crippen LogP contribution in [0.1, 0.15) is 0 Å². The molecule has 0 bridgehead atoms. The lowest BCUT2D eigenvalue weighted by atomic mass is 10.1. The zero-order valence-electron chi connectivity index (χ0n) is 19.0. The first-order chi connectivity index (χ1) is 17.0. The van der Waals surface area contributed by atoms with E-state index in [-0.39, 0.29) is 12.0 Å². The van der Waals surface area contributed by atoms with Gasteiger partial charge in [0.05, 0.1) is 11.2 Å². The molecule has 35 heavy (non-hydrogen) atoms. The Bertz CT molecular complexity index is 1420. The molecule has 8 nitrogen and oxygen atoms in total. The number of nitrogens with one attached hydrogen (secondary N) is 2. The molecule has 3 heterocycles. The summed E-state index contributed by atoms with van der Waals surface area (Å²) in [4.78, 5) is 27.7. The number of likely N-dealkylation sites (tertiary alicyclic amines) is 1.